The Labute approximate surface area is 210 Å². The summed E-state index contributed by atoms with van der Waals surface area (Å²) in [5.41, 5.74) is 3.16. The van der Waals surface area contributed by atoms with Crippen LogP contribution in [0.2, 0.25) is 0 Å². The maximum Gasteiger partial charge on any atom is 0.266 e. The Morgan fingerprint density at radius 2 is 1.97 bits per heavy atom. The van der Waals surface area contributed by atoms with E-state index in [1.807, 2.05) is 58.0 Å². The number of aromatic nitrogens is 2. The zero-order chi connectivity index (χ0) is 25.3. The highest BCUT2D eigenvalue weighted by Gasteiger charge is 2.36. The van der Waals surface area contributed by atoms with Gasteiger partial charge in [0, 0.05) is 12.1 Å². The number of hydrogen-bond acceptors (Lipinski definition) is 6. The Morgan fingerprint density at radius 1 is 1.23 bits per heavy atom. The SMILES string of the molecule is CC[C@H](C)N(C(=O)CSc1nc2ccccc2c(=O)n1-c1ccc(C)cc1C)[C@H]1CCS(=O)(=O)C1. The lowest BCUT2D eigenvalue weighted by atomic mass is 10.1. The van der Waals surface area contributed by atoms with Crippen LogP contribution in [0.25, 0.3) is 16.6 Å². The molecular weight excluding hydrogens is 482 g/mol. The maximum atomic E-state index is 13.5. The topological polar surface area (TPSA) is 89.3 Å². The quantitative estimate of drug-likeness (QED) is 0.352. The monoisotopic (exact) mass is 513 g/mol. The van der Waals surface area contributed by atoms with Gasteiger partial charge >= 0.3 is 0 Å². The highest BCUT2D eigenvalue weighted by atomic mass is 32.2. The number of thioether (sulfide) groups is 1. The van der Waals surface area contributed by atoms with Crippen molar-refractivity contribution in [2.24, 2.45) is 0 Å². The van der Waals surface area contributed by atoms with E-state index in [9.17, 15) is 18.0 Å². The second-order valence-electron chi connectivity index (χ2n) is 9.25. The molecule has 7 nitrogen and oxygen atoms in total. The molecule has 1 amide bonds. The standard InChI is InChI=1S/C26H31N3O4S2/c1-5-19(4)28(20-12-13-35(32,33)16-20)24(30)15-34-26-27-22-9-7-6-8-21(22)25(31)29(26)23-11-10-17(2)14-18(23)3/h6-11,14,19-20H,5,12-13,15-16H2,1-4H3/t19-,20-/m0/s1. The van der Waals surface area contributed by atoms with Gasteiger partial charge < -0.3 is 4.90 Å². The minimum absolute atomic E-state index is 0.00917. The van der Waals surface area contributed by atoms with Crippen molar-refractivity contribution in [3.05, 3.63) is 63.9 Å². The third-order valence-corrected chi connectivity index (χ3v) is 9.29. The van der Waals surface area contributed by atoms with Gasteiger partial charge in [-0.15, -0.1) is 0 Å². The van der Waals surface area contributed by atoms with Crippen LogP contribution in [0.1, 0.15) is 37.8 Å². The molecule has 0 bridgehead atoms. The number of carbonyl (C=O) groups excluding carboxylic acids is 1. The minimum Gasteiger partial charge on any atom is -0.335 e. The predicted octanol–water partition coefficient (Wildman–Crippen LogP) is 3.91. The van der Waals surface area contributed by atoms with Gasteiger partial charge in [-0.25, -0.2) is 13.4 Å². The summed E-state index contributed by atoms with van der Waals surface area (Å²) >= 11 is 1.22. The van der Waals surface area contributed by atoms with Gasteiger partial charge in [0.05, 0.1) is 33.8 Å². The number of rotatable bonds is 7. The molecular formula is C26H31N3O4S2. The van der Waals surface area contributed by atoms with Crippen molar-refractivity contribution < 1.29 is 13.2 Å². The number of nitrogens with zero attached hydrogens (tertiary/aromatic N) is 3. The van der Waals surface area contributed by atoms with Crippen molar-refractivity contribution in [2.45, 2.75) is 57.8 Å². The van der Waals surface area contributed by atoms with Gasteiger partial charge in [0.25, 0.3) is 5.56 Å². The maximum absolute atomic E-state index is 13.5. The van der Waals surface area contributed by atoms with Gasteiger partial charge in [0.1, 0.15) is 0 Å². The van der Waals surface area contributed by atoms with Crippen LogP contribution in [-0.4, -0.2) is 58.1 Å². The van der Waals surface area contributed by atoms with Crippen molar-refractivity contribution >= 4 is 38.4 Å². The zero-order valence-corrected chi connectivity index (χ0v) is 22.2. The molecule has 35 heavy (non-hydrogen) atoms. The first kappa shape index (κ1) is 25.4. The summed E-state index contributed by atoms with van der Waals surface area (Å²) < 4.78 is 25.8. The van der Waals surface area contributed by atoms with Crippen molar-refractivity contribution in [2.75, 3.05) is 17.3 Å². The van der Waals surface area contributed by atoms with E-state index in [1.165, 1.54) is 11.8 Å². The van der Waals surface area contributed by atoms with Crippen LogP contribution in [0, 0.1) is 13.8 Å². The third-order valence-electron chi connectivity index (χ3n) is 6.62. The Morgan fingerprint density at radius 3 is 2.63 bits per heavy atom. The highest BCUT2D eigenvalue weighted by molar-refractivity contribution is 7.99. The van der Waals surface area contributed by atoms with Crippen molar-refractivity contribution in [1.29, 1.82) is 0 Å². The first-order chi connectivity index (χ1) is 16.6. The fourth-order valence-electron chi connectivity index (χ4n) is 4.68. The number of aryl methyl sites for hydroxylation is 2. The second-order valence-corrected chi connectivity index (χ2v) is 12.4. The van der Waals surface area contributed by atoms with Gasteiger partial charge in [-0.3, -0.25) is 14.2 Å². The molecule has 0 radical (unpaired) electrons. The molecule has 2 atom stereocenters. The van der Waals surface area contributed by atoms with Crippen LogP contribution in [0.3, 0.4) is 0 Å². The van der Waals surface area contributed by atoms with Crippen LogP contribution >= 0.6 is 11.8 Å². The largest absolute Gasteiger partial charge is 0.335 e. The molecule has 9 heteroatoms. The summed E-state index contributed by atoms with van der Waals surface area (Å²) in [6.45, 7) is 7.89. The van der Waals surface area contributed by atoms with Crippen molar-refractivity contribution in [3.8, 4) is 5.69 Å². The fraction of sp³-hybridized carbons (Fsp3) is 0.423. The van der Waals surface area contributed by atoms with Crippen molar-refractivity contribution in [1.82, 2.24) is 14.5 Å². The lowest BCUT2D eigenvalue weighted by Crippen LogP contribution is -2.47. The lowest BCUT2D eigenvalue weighted by molar-refractivity contribution is -0.132. The van der Waals surface area contributed by atoms with E-state index >= 15 is 0 Å². The molecule has 3 aromatic rings. The molecule has 2 heterocycles. The minimum atomic E-state index is -3.12. The number of fused-ring (bicyclic) bond motifs is 1. The number of hydrogen-bond donors (Lipinski definition) is 0. The predicted molar refractivity (Wildman–Crippen MR) is 141 cm³/mol. The van der Waals surface area contributed by atoms with E-state index in [2.05, 4.69) is 0 Å². The van der Waals surface area contributed by atoms with E-state index in [4.69, 9.17) is 4.98 Å². The first-order valence-corrected chi connectivity index (χ1v) is 14.7. The number of sulfone groups is 1. The van der Waals surface area contributed by atoms with E-state index in [0.717, 1.165) is 23.2 Å². The average Bonchev–Trinajstić information content (AvgIpc) is 3.17. The number of benzene rings is 2. The molecule has 1 saturated heterocycles. The Kier molecular flexibility index (Phi) is 7.38. The van der Waals surface area contributed by atoms with Crippen LogP contribution in [-0.2, 0) is 14.6 Å². The lowest BCUT2D eigenvalue weighted by Gasteiger charge is -2.33. The van der Waals surface area contributed by atoms with Crippen LogP contribution in [0.4, 0.5) is 0 Å². The van der Waals surface area contributed by atoms with E-state index in [0.29, 0.717) is 22.5 Å². The molecule has 0 N–H and O–H groups in total. The Balaban J connectivity index is 1.71. The molecule has 0 aliphatic carbocycles. The third kappa shape index (κ3) is 5.30. The summed E-state index contributed by atoms with van der Waals surface area (Å²) in [6.07, 6.45) is 1.19. The normalized spacial score (nSPS) is 18.0. The molecule has 1 fully saturated rings. The van der Waals surface area contributed by atoms with E-state index < -0.39 is 9.84 Å². The average molecular weight is 514 g/mol. The smallest absolute Gasteiger partial charge is 0.266 e. The number of amides is 1. The summed E-state index contributed by atoms with van der Waals surface area (Å²) in [5, 5.41) is 0.956. The van der Waals surface area contributed by atoms with Gasteiger partial charge in [-0.2, -0.15) is 0 Å². The van der Waals surface area contributed by atoms with Gasteiger partial charge in [0.2, 0.25) is 5.91 Å². The van der Waals surface area contributed by atoms with Crippen LogP contribution in [0.5, 0.6) is 0 Å². The molecule has 186 valence electrons. The number of carbonyl (C=O) groups is 1. The fourth-order valence-corrected chi connectivity index (χ4v) is 7.27. The Bertz CT molecular complexity index is 1430. The molecule has 1 aromatic heterocycles. The van der Waals surface area contributed by atoms with Crippen LogP contribution in [0.15, 0.2) is 52.4 Å². The molecule has 1 aliphatic heterocycles. The van der Waals surface area contributed by atoms with E-state index in [1.54, 1.807) is 21.6 Å². The second kappa shape index (κ2) is 10.1. The highest BCUT2D eigenvalue weighted by Crippen LogP contribution is 2.26. The molecule has 4 rings (SSSR count). The summed E-state index contributed by atoms with van der Waals surface area (Å²) in [4.78, 5) is 33.5. The molecule has 0 spiro atoms. The van der Waals surface area contributed by atoms with Gasteiger partial charge in [-0.05, 0) is 57.4 Å². The van der Waals surface area contributed by atoms with Gasteiger partial charge in [-0.1, -0.05) is 48.5 Å². The molecule has 1 aliphatic rings. The van der Waals surface area contributed by atoms with Crippen LogP contribution < -0.4 is 5.56 Å². The van der Waals surface area contributed by atoms with Crippen molar-refractivity contribution in [3.63, 3.8) is 0 Å². The summed E-state index contributed by atoms with van der Waals surface area (Å²) in [5.74, 6) is 0.0519. The van der Waals surface area contributed by atoms with Gasteiger partial charge in [0.15, 0.2) is 15.0 Å². The number of para-hydroxylation sites is 1. The molecule has 0 unspecified atom stereocenters. The zero-order valence-electron chi connectivity index (χ0n) is 20.5. The summed E-state index contributed by atoms with van der Waals surface area (Å²) in [6, 6.07) is 12.7. The Hall–Kier alpha value is -2.65. The summed E-state index contributed by atoms with van der Waals surface area (Å²) in [7, 11) is -3.12. The first-order valence-electron chi connectivity index (χ1n) is 11.8. The molecule has 0 saturated carbocycles. The molecule has 2 aromatic carbocycles. The van der Waals surface area contributed by atoms with E-state index in [-0.39, 0.29) is 40.8 Å².